The van der Waals surface area contributed by atoms with Crippen molar-refractivity contribution >= 4 is 21.9 Å². The van der Waals surface area contributed by atoms with Crippen molar-refractivity contribution in [2.75, 3.05) is 13.7 Å². The zero-order valence-electron chi connectivity index (χ0n) is 23.6. The highest BCUT2D eigenvalue weighted by Gasteiger charge is 2.55. The highest BCUT2D eigenvalue weighted by molar-refractivity contribution is 9.10. The lowest BCUT2D eigenvalue weighted by molar-refractivity contribution is -0.327. The molecular weight excluding hydrogens is 663 g/mol. The van der Waals surface area contributed by atoms with Crippen LogP contribution in [0, 0.1) is 17.5 Å². The predicted octanol–water partition coefficient (Wildman–Crippen LogP) is 5.23. The number of benzene rings is 3. The summed E-state index contributed by atoms with van der Waals surface area (Å²) in [5, 5.41) is 18.5. The van der Waals surface area contributed by atoms with Crippen LogP contribution in [0.15, 0.2) is 77.4 Å². The summed E-state index contributed by atoms with van der Waals surface area (Å²) in [4.78, 5) is 12.6. The predicted molar refractivity (Wildman–Crippen MR) is 154 cm³/mol. The number of ether oxygens (including phenoxy) is 5. The van der Waals surface area contributed by atoms with Crippen LogP contribution in [0.3, 0.4) is 0 Å². The molecule has 3 aromatic carbocycles. The van der Waals surface area contributed by atoms with Crippen LogP contribution in [0.5, 0.6) is 0 Å². The van der Waals surface area contributed by atoms with Gasteiger partial charge < -0.3 is 28.8 Å². The van der Waals surface area contributed by atoms with Gasteiger partial charge in [0.2, 0.25) is 0 Å². The molecule has 0 amide bonds. The van der Waals surface area contributed by atoms with Crippen LogP contribution < -0.4 is 0 Å². The summed E-state index contributed by atoms with van der Waals surface area (Å²) in [7, 11) is 1.39. The van der Waals surface area contributed by atoms with Gasteiger partial charge in [0.15, 0.2) is 29.8 Å². The van der Waals surface area contributed by atoms with Crippen LogP contribution in [0.4, 0.5) is 13.2 Å². The number of fused-ring (bicyclic) bond motifs is 1. The Morgan fingerprint density at radius 3 is 2.47 bits per heavy atom. The molecule has 6 rings (SSSR count). The summed E-state index contributed by atoms with van der Waals surface area (Å²) < 4.78 is 74.4. The first kappa shape index (κ1) is 31.3. The molecule has 2 aliphatic heterocycles. The van der Waals surface area contributed by atoms with Gasteiger partial charge in [0, 0.05) is 22.7 Å². The number of methoxy groups -OCH3 is 1. The fraction of sp³-hybridized carbons (Fsp3) is 0.323. The Hall–Kier alpha value is -3.66. The number of nitrogens with zero attached hydrogens (tertiary/aromatic N) is 3. The fourth-order valence-electron chi connectivity index (χ4n) is 5.56. The molecule has 2 fully saturated rings. The molecule has 4 aromatic rings. The van der Waals surface area contributed by atoms with Crippen molar-refractivity contribution < 1.29 is 46.8 Å². The van der Waals surface area contributed by atoms with Gasteiger partial charge in [0.25, 0.3) is 0 Å². The van der Waals surface area contributed by atoms with Crippen LogP contribution in [-0.2, 0) is 35.1 Å². The maximum Gasteiger partial charge on any atom is 0.335 e. The van der Waals surface area contributed by atoms with Gasteiger partial charge in [-0.05, 0) is 29.8 Å². The molecule has 2 saturated heterocycles. The average Bonchev–Trinajstić information content (AvgIpc) is 3.53. The van der Waals surface area contributed by atoms with Crippen LogP contribution in [0.25, 0.3) is 11.3 Å². The second-order valence-corrected chi connectivity index (χ2v) is 11.5. The van der Waals surface area contributed by atoms with E-state index >= 15 is 0 Å². The lowest BCUT2D eigenvalue weighted by Crippen LogP contribution is -2.63. The Morgan fingerprint density at radius 2 is 1.80 bits per heavy atom. The fourth-order valence-corrected chi connectivity index (χ4v) is 5.82. The Bertz CT molecular complexity index is 1620. The molecule has 14 heteroatoms. The normalized spacial score (nSPS) is 25.4. The number of rotatable bonds is 9. The van der Waals surface area contributed by atoms with E-state index in [-0.39, 0.29) is 24.5 Å². The van der Waals surface area contributed by atoms with Gasteiger partial charge >= 0.3 is 5.97 Å². The Labute approximate surface area is 263 Å². The van der Waals surface area contributed by atoms with E-state index in [1.54, 1.807) is 12.1 Å². The van der Waals surface area contributed by atoms with E-state index in [4.69, 9.17) is 23.7 Å². The zero-order chi connectivity index (χ0) is 31.7. The first-order chi connectivity index (χ1) is 21.7. The molecule has 45 heavy (non-hydrogen) atoms. The maximum atomic E-state index is 14.0. The summed E-state index contributed by atoms with van der Waals surface area (Å²) in [6, 6.07) is 17.1. The monoisotopic (exact) mass is 689 g/mol. The van der Waals surface area contributed by atoms with Crippen molar-refractivity contribution in [3.63, 3.8) is 0 Å². The topological polar surface area (TPSA) is 114 Å². The van der Waals surface area contributed by atoms with Gasteiger partial charge in [0.1, 0.15) is 36.2 Å². The van der Waals surface area contributed by atoms with Crippen LogP contribution in [-0.4, -0.2) is 70.3 Å². The van der Waals surface area contributed by atoms with Gasteiger partial charge in [-0.2, -0.15) is 0 Å². The van der Waals surface area contributed by atoms with E-state index in [9.17, 15) is 23.1 Å². The highest BCUT2D eigenvalue weighted by Crippen LogP contribution is 2.41. The maximum absolute atomic E-state index is 14.0. The van der Waals surface area contributed by atoms with Crippen molar-refractivity contribution in [3.05, 3.63) is 106 Å². The minimum atomic E-state index is -1.61. The zero-order valence-corrected chi connectivity index (χ0v) is 25.2. The molecule has 1 aromatic heterocycles. The van der Waals surface area contributed by atoms with Crippen molar-refractivity contribution in [2.24, 2.45) is 0 Å². The SMILES string of the molecule is COC1[C@H]([C@H](OCc2ccc(Br)cc2)C(=O)O)OC2COC(c3ccccc3)O[C@@H]2[C@@H]1n1cc(-c2cc(F)c(F)c(F)c2)nn1. The molecule has 3 unspecified atom stereocenters. The first-order valence-corrected chi connectivity index (χ1v) is 14.7. The van der Waals surface area contributed by atoms with Crippen molar-refractivity contribution in [2.45, 2.75) is 49.5 Å². The summed E-state index contributed by atoms with van der Waals surface area (Å²) in [5.41, 5.74) is 1.46. The lowest BCUT2D eigenvalue weighted by atomic mass is 9.89. The number of halogens is 4. The van der Waals surface area contributed by atoms with Crippen molar-refractivity contribution in [3.8, 4) is 11.3 Å². The Kier molecular flexibility index (Phi) is 9.31. The van der Waals surface area contributed by atoms with Crippen LogP contribution in [0.2, 0.25) is 0 Å². The number of aliphatic carboxylic acids is 1. The van der Waals surface area contributed by atoms with Crippen LogP contribution in [0.1, 0.15) is 23.5 Å². The average molecular weight is 690 g/mol. The lowest BCUT2D eigenvalue weighted by Gasteiger charge is -2.50. The third-order valence-electron chi connectivity index (χ3n) is 7.71. The Morgan fingerprint density at radius 1 is 1.09 bits per heavy atom. The largest absolute Gasteiger partial charge is 0.479 e. The standard InChI is InChI=1S/C31H27BrF3N3O7/c1-41-27-25(38-13-22(36-37-38)18-11-20(33)24(35)21(34)12-18)26-23(15-43-31(45-26)17-5-3-2-4-6-17)44-28(27)29(30(39)40)42-14-16-7-9-19(32)10-8-16/h2-13,23,25-29,31H,14-15H2,1H3,(H,39,40)/t23?,25-,26-,27?,28+,29-,31?/m0/s1. The van der Waals surface area contributed by atoms with Gasteiger partial charge in [-0.1, -0.05) is 63.6 Å². The van der Waals surface area contributed by atoms with Gasteiger partial charge in [-0.3, -0.25) is 0 Å². The van der Waals surface area contributed by atoms with Crippen LogP contribution >= 0.6 is 15.9 Å². The van der Waals surface area contributed by atoms with E-state index in [0.717, 1.165) is 27.7 Å². The molecule has 0 radical (unpaired) electrons. The molecule has 7 atom stereocenters. The third kappa shape index (κ3) is 6.52. The summed E-state index contributed by atoms with van der Waals surface area (Å²) >= 11 is 3.37. The van der Waals surface area contributed by atoms with E-state index < -0.39 is 66.3 Å². The molecular formula is C31H27BrF3N3O7. The number of carboxylic acids is 1. The number of hydrogen-bond acceptors (Lipinski definition) is 8. The van der Waals surface area contributed by atoms with Gasteiger partial charge in [0.05, 0.1) is 19.4 Å². The molecule has 0 bridgehead atoms. The molecule has 2 aliphatic rings. The number of carboxylic acid groups (broad SMARTS) is 1. The molecule has 1 N–H and O–H groups in total. The Balaban J connectivity index is 1.36. The quantitative estimate of drug-likeness (QED) is 0.236. The van der Waals surface area contributed by atoms with E-state index in [2.05, 4.69) is 26.2 Å². The van der Waals surface area contributed by atoms with E-state index in [1.807, 2.05) is 42.5 Å². The summed E-state index contributed by atoms with van der Waals surface area (Å²) in [6.07, 6.45) is -4.68. The molecule has 236 valence electrons. The molecule has 0 saturated carbocycles. The second kappa shape index (κ2) is 13.4. The van der Waals surface area contributed by atoms with E-state index in [1.165, 1.54) is 18.0 Å². The smallest absolute Gasteiger partial charge is 0.335 e. The summed E-state index contributed by atoms with van der Waals surface area (Å²) in [5.74, 6) is -5.66. The first-order valence-electron chi connectivity index (χ1n) is 13.9. The molecule has 0 aliphatic carbocycles. The van der Waals surface area contributed by atoms with Crippen molar-refractivity contribution in [1.82, 2.24) is 15.0 Å². The molecule has 10 nitrogen and oxygen atoms in total. The highest BCUT2D eigenvalue weighted by atomic mass is 79.9. The second-order valence-electron chi connectivity index (χ2n) is 10.5. The molecule has 0 spiro atoms. The van der Waals surface area contributed by atoms with Crippen molar-refractivity contribution in [1.29, 1.82) is 0 Å². The minimum Gasteiger partial charge on any atom is -0.479 e. The number of carbonyl (C=O) groups is 1. The van der Waals surface area contributed by atoms with Gasteiger partial charge in [-0.15, -0.1) is 5.10 Å². The number of hydrogen-bond donors (Lipinski definition) is 1. The number of aromatic nitrogens is 3. The third-order valence-corrected chi connectivity index (χ3v) is 8.24. The van der Waals surface area contributed by atoms with Gasteiger partial charge in [-0.25, -0.2) is 22.6 Å². The minimum absolute atomic E-state index is 0.0302. The van der Waals surface area contributed by atoms with E-state index in [0.29, 0.717) is 0 Å². The summed E-state index contributed by atoms with van der Waals surface area (Å²) in [6.45, 7) is 0.000203. The molecule has 3 heterocycles.